The molecule has 0 atom stereocenters. The third-order valence-corrected chi connectivity index (χ3v) is 8.46. The summed E-state index contributed by atoms with van der Waals surface area (Å²) in [4.78, 5) is 24.3. The second-order valence-corrected chi connectivity index (χ2v) is 11.2. The maximum Gasteiger partial charge on any atom is 0.260 e. The Morgan fingerprint density at radius 2 is 1.88 bits per heavy atom. The van der Waals surface area contributed by atoms with Crippen LogP contribution in [0.2, 0.25) is 0 Å². The lowest BCUT2D eigenvalue weighted by molar-refractivity contribution is 0.0986. The fourth-order valence-corrected chi connectivity index (χ4v) is 5.58. The van der Waals surface area contributed by atoms with E-state index in [-0.39, 0.29) is 10.8 Å². The van der Waals surface area contributed by atoms with Crippen LogP contribution in [0, 0.1) is 0 Å². The van der Waals surface area contributed by atoms with E-state index in [0.717, 1.165) is 33.1 Å². The number of imidazole rings is 1. The fraction of sp³-hybridized carbons (Fsp3) is 0.292. The third kappa shape index (κ3) is 4.89. The molecule has 0 saturated heterocycles. The van der Waals surface area contributed by atoms with Crippen molar-refractivity contribution in [1.82, 2.24) is 18.8 Å². The largest absolute Gasteiger partial charge is 0.337 e. The lowest BCUT2D eigenvalue weighted by Crippen LogP contribution is -2.32. The van der Waals surface area contributed by atoms with Crippen molar-refractivity contribution in [2.75, 3.05) is 25.5 Å². The first-order chi connectivity index (χ1) is 16.3. The normalized spacial score (nSPS) is 11.9. The van der Waals surface area contributed by atoms with Gasteiger partial charge in [-0.15, -0.1) is 0 Å². The van der Waals surface area contributed by atoms with Crippen molar-refractivity contribution in [3.05, 3.63) is 72.3 Å². The van der Waals surface area contributed by atoms with E-state index in [1.807, 2.05) is 22.9 Å². The third-order valence-electron chi connectivity index (χ3n) is 5.59. The minimum absolute atomic E-state index is 0.147. The smallest absolute Gasteiger partial charge is 0.260 e. The molecular formula is C24H27N5O3S2. The number of carbonyl (C=O) groups excluding carboxylic acids is 1. The van der Waals surface area contributed by atoms with Gasteiger partial charge >= 0.3 is 0 Å². The van der Waals surface area contributed by atoms with Gasteiger partial charge in [-0.05, 0) is 48.7 Å². The molecule has 8 nitrogen and oxygen atoms in total. The second-order valence-electron chi connectivity index (χ2n) is 8.04. The number of fused-ring (bicyclic) bond motifs is 1. The summed E-state index contributed by atoms with van der Waals surface area (Å²) < 4.78 is 29.0. The Balaban J connectivity index is 1.65. The molecule has 4 rings (SSSR count). The van der Waals surface area contributed by atoms with E-state index in [0.29, 0.717) is 23.7 Å². The van der Waals surface area contributed by atoms with Crippen molar-refractivity contribution in [2.24, 2.45) is 0 Å². The van der Waals surface area contributed by atoms with Crippen molar-refractivity contribution in [3.8, 4) is 0 Å². The molecule has 0 aliphatic rings. The number of nitrogens with zero attached hydrogens (tertiary/aromatic N) is 5. The number of carbonyl (C=O) groups is 1. The Hall–Kier alpha value is -3.08. The number of para-hydroxylation sites is 1. The number of aromatic nitrogens is 3. The Kier molecular flexibility index (Phi) is 7.11. The minimum Gasteiger partial charge on any atom is -0.337 e. The summed E-state index contributed by atoms with van der Waals surface area (Å²) in [5.74, 6) is -0.212. The van der Waals surface area contributed by atoms with Gasteiger partial charge in [-0.3, -0.25) is 9.69 Å². The number of amides is 1. The summed E-state index contributed by atoms with van der Waals surface area (Å²) in [6.45, 7) is 3.27. The van der Waals surface area contributed by atoms with Gasteiger partial charge < -0.3 is 4.57 Å². The monoisotopic (exact) mass is 497 g/mol. The number of thiazole rings is 1. The number of benzene rings is 2. The quantitative estimate of drug-likeness (QED) is 0.348. The van der Waals surface area contributed by atoms with Gasteiger partial charge in [-0.25, -0.2) is 22.7 Å². The molecule has 2 heterocycles. The molecule has 0 aliphatic heterocycles. The molecule has 0 spiro atoms. The summed E-state index contributed by atoms with van der Waals surface area (Å²) in [5, 5.41) is 0.636. The zero-order valence-electron chi connectivity index (χ0n) is 19.4. The van der Waals surface area contributed by atoms with Gasteiger partial charge in [0.05, 0.1) is 21.4 Å². The SMILES string of the molecule is CCc1cccc2sc(N(CCCn3ccnc3)C(=O)c3ccc(S(=O)(=O)N(C)C)cc3)nc12. The maximum atomic E-state index is 13.6. The second kappa shape index (κ2) is 10.0. The van der Waals surface area contributed by atoms with Gasteiger partial charge in [0, 0.05) is 45.1 Å². The van der Waals surface area contributed by atoms with Gasteiger partial charge in [0.1, 0.15) is 0 Å². The molecule has 10 heteroatoms. The zero-order valence-corrected chi connectivity index (χ0v) is 21.0. The van der Waals surface area contributed by atoms with E-state index >= 15 is 0 Å². The number of hydrogen-bond donors (Lipinski definition) is 0. The van der Waals surface area contributed by atoms with E-state index in [1.54, 1.807) is 29.6 Å². The van der Waals surface area contributed by atoms with Crippen LogP contribution in [0.4, 0.5) is 5.13 Å². The van der Waals surface area contributed by atoms with Crippen LogP contribution in [0.25, 0.3) is 10.2 Å². The molecule has 0 bridgehead atoms. The van der Waals surface area contributed by atoms with Crippen molar-refractivity contribution in [2.45, 2.75) is 31.2 Å². The average molecular weight is 498 g/mol. The molecule has 0 saturated carbocycles. The maximum absolute atomic E-state index is 13.6. The molecule has 0 radical (unpaired) electrons. The molecule has 0 N–H and O–H groups in total. The molecule has 2 aromatic heterocycles. The minimum atomic E-state index is -3.57. The first-order valence-corrected chi connectivity index (χ1v) is 13.3. The molecule has 0 aliphatic carbocycles. The summed E-state index contributed by atoms with van der Waals surface area (Å²) in [6.07, 6.45) is 6.94. The standard InChI is InChI=1S/C24H27N5O3S2/c1-4-18-7-5-8-21-22(18)26-24(33-21)29(15-6-14-28-16-13-25-17-28)23(30)19-9-11-20(12-10-19)34(31,32)27(2)3/h5,7-13,16-17H,4,6,14-15H2,1-3H3. The zero-order chi connectivity index (χ0) is 24.3. The Morgan fingerprint density at radius 1 is 1.12 bits per heavy atom. The molecule has 34 heavy (non-hydrogen) atoms. The average Bonchev–Trinajstić information content (AvgIpc) is 3.51. The molecule has 2 aromatic carbocycles. The Bertz CT molecular complexity index is 1380. The van der Waals surface area contributed by atoms with Crippen molar-refractivity contribution in [3.63, 3.8) is 0 Å². The fourth-order valence-electron chi connectivity index (χ4n) is 3.65. The topological polar surface area (TPSA) is 88.4 Å². The highest BCUT2D eigenvalue weighted by Crippen LogP contribution is 2.32. The number of anilines is 1. The predicted molar refractivity (Wildman–Crippen MR) is 135 cm³/mol. The van der Waals surface area contributed by atoms with Gasteiger partial charge in [0.15, 0.2) is 5.13 Å². The summed E-state index contributed by atoms with van der Waals surface area (Å²) in [7, 11) is -0.606. The van der Waals surface area contributed by atoms with Crippen LogP contribution in [-0.4, -0.2) is 53.8 Å². The van der Waals surface area contributed by atoms with Crippen molar-refractivity contribution < 1.29 is 13.2 Å². The van der Waals surface area contributed by atoms with E-state index < -0.39 is 10.0 Å². The summed E-state index contributed by atoms with van der Waals surface area (Å²) in [5.41, 5.74) is 2.48. The van der Waals surface area contributed by atoms with Gasteiger partial charge in [-0.1, -0.05) is 30.4 Å². The van der Waals surface area contributed by atoms with Gasteiger partial charge in [0.25, 0.3) is 5.91 Å². The van der Waals surface area contributed by atoms with Crippen LogP contribution in [-0.2, 0) is 23.0 Å². The van der Waals surface area contributed by atoms with Crippen LogP contribution in [0.1, 0.15) is 29.3 Å². The number of aryl methyl sites for hydroxylation is 2. The first-order valence-electron chi connectivity index (χ1n) is 11.0. The highest BCUT2D eigenvalue weighted by molar-refractivity contribution is 7.89. The van der Waals surface area contributed by atoms with Crippen molar-refractivity contribution >= 4 is 42.6 Å². The summed E-state index contributed by atoms with van der Waals surface area (Å²) in [6, 6.07) is 12.2. The Labute approximate surface area is 203 Å². The molecule has 0 fully saturated rings. The van der Waals surface area contributed by atoms with E-state index in [1.165, 1.54) is 37.6 Å². The van der Waals surface area contributed by atoms with E-state index in [4.69, 9.17) is 4.98 Å². The lowest BCUT2D eigenvalue weighted by atomic mass is 10.1. The highest BCUT2D eigenvalue weighted by atomic mass is 32.2. The molecule has 178 valence electrons. The predicted octanol–water partition coefficient (Wildman–Crippen LogP) is 4.04. The van der Waals surface area contributed by atoms with Gasteiger partial charge in [0.2, 0.25) is 10.0 Å². The molecule has 0 unspecified atom stereocenters. The van der Waals surface area contributed by atoms with Crippen LogP contribution < -0.4 is 4.90 Å². The van der Waals surface area contributed by atoms with Crippen LogP contribution in [0.5, 0.6) is 0 Å². The lowest BCUT2D eigenvalue weighted by Gasteiger charge is -2.20. The summed E-state index contributed by atoms with van der Waals surface area (Å²) >= 11 is 1.49. The van der Waals surface area contributed by atoms with Gasteiger partial charge in [-0.2, -0.15) is 0 Å². The number of sulfonamides is 1. The van der Waals surface area contributed by atoms with E-state index in [9.17, 15) is 13.2 Å². The van der Waals surface area contributed by atoms with Crippen molar-refractivity contribution in [1.29, 1.82) is 0 Å². The first kappa shape index (κ1) is 24.1. The number of rotatable bonds is 9. The molecule has 4 aromatic rings. The van der Waals surface area contributed by atoms with E-state index in [2.05, 4.69) is 18.0 Å². The highest BCUT2D eigenvalue weighted by Gasteiger charge is 2.23. The molecular weight excluding hydrogens is 470 g/mol. The van der Waals surface area contributed by atoms with Crippen LogP contribution >= 0.6 is 11.3 Å². The molecule has 1 amide bonds. The van der Waals surface area contributed by atoms with Crippen LogP contribution in [0.3, 0.4) is 0 Å². The van der Waals surface area contributed by atoms with Crippen LogP contribution in [0.15, 0.2) is 66.1 Å². The number of hydrogen-bond acceptors (Lipinski definition) is 6. The Morgan fingerprint density at radius 3 is 2.53 bits per heavy atom.